The fourth-order valence-corrected chi connectivity index (χ4v) is 2.01. The molecule has 0 aromatic carbocycles. The Morgan fingerprint density at radius 2 is 1.88 bits per heavy atom. The van der Waals surface area contributed by atoms with E-state index >= 15 is 0 Å². The molecule has 1 unspecified atom stereocenters. The molecule has 0 aromatic heterocycles. The minimum Gasteiger partial charge on any atom is -0.466 e. The normalized spacial score (nSPS) is 13.2. The van der Waals surface area contributed by atoms with Crippen LogP contribution in [0, 0.1) is 11.3 Å². The first-order chi connectivity index (χ1) is 7.82. The third kappa shape index (κ3) is 6.50. The summed E-state index contributed by atoms with van der Waals surface area (Å²) >= 11 is 0. The summed E-state index contributed by atoms with van der Waals surface area (Å²) in [5.41, 5.74) is 0.814. The van der Waals surface area contributed by atoms with E-state index in [9.17, 15) is 4.79 Å². The molecule has 0 amide bonds. The van der Waals surface area contributed by atoms with Gasteiger partial charge in [0.15, 0.2) is 0 Å². The fraction of sp³-hybridized carbons (Fsp3) is 0.800. The predicted octanol–water partition coefficient (Wildman–Crippen LogP) is 4.35. The molecular formula is C15H28O2. The number of carbonyl (C=O) groups excluding carboxylic acids is 1. The molecule has 1 atom stereocenters. The molecule has 0 heterocycles. The van der Waals surface area contributed by atoms with Gasteiger partial charge < -0.3 is 4.74 Å². The zero-order valence-electron chi connectivity index (χ0n) is 12.1. The molecule has 0 saturated heterocycles. The zero-order valence-corrected chi connectivity index (χ0v) is 12.1. The first-order valence-corrected chi connectivity index (χ1v) is 6.59. The van der Waals surface area contributed by atoms with Crippen LogP contribution in [0.1, 0.15) is 59.8 Å². The van der Waals surface area contributed by atoms with Crippen molar-refractivity contribution in [2.24, 2.45) is 11.3 Å². The van der Waals surface area contributed by atoms with Gasteiger partial charge >= 0.3 is 5.97 Å². The summed E-state index contributed by atoms with van der Waals surface area (Å²) in [4.78, 5) is 11.4. The van der Waals surface area contributed by atoms with E-state index in [2.05, 4.69) is 34.3 Å². The number of ether oxygens (including phenoxy) is 1. The predicted molar refractivity (Wildman–Crippen MR) is 72.9 cm³/mol. The summed E-state index contributed by atoms with van der Waals surface area (Å²) in [7, 11) is 1.41. The summed E-state index contributed by atoms with van der Waals surface area (Å²) in [5.74, 6) is 0.232. The Bertz CT molecular complexity index is 248. The summed E-state index contributed by atoms with van der Waals surface area (Å²) in [6.45, 7) is 12.7. The van der Waals surface area contributed by atoms with Gasteiger partial charge in [0, 0.05) is 5.57 Å². The highest BCUT2D eigenvalue weighted by molar-refractivity contribution is 5.87. The molecule has 100 valence electrons. The van der Waals surface area contributed by atoms with Crippen LogP contribution in [-0.2, 0) is 9.53 Å². The largest absolute Gasteiger partial charge is 0.466 e. The van der Waals surface area contributed by atoms with Crippen molar-refractivity contribution in [3.05, 3.63) is 12.2 Å². The average molecular weight is 240 g/mol. The molecule has 0 aliphatic carbocycles. The van der Waals surface area contributed by atoms with Crippen LogP contribution in [0.15, 0.2) is 12.2 Å². The van der Waals surface area contributed by atoms with Crippen molar-refractivity contribution in [1.29, 1.82) is 0 Å². The number of hydrogen-bond acceptors (Lipinski definition) is 2. The van der Waals surface area contributed by atoms with Gasteiger partial charge in [-0.05, 0) is 24.2 Å². The molecule has 17 heavy (non-hydrogen) atoms. The van der Waals surface area contributed by atoms with Crippen molar-refractivity contribution in [1.82, 2.24) is 0 Å². The van der Waals surface area contributed by atoms with Gasteiger partial charge in [0.25, 0.3) is 0 Å². The smallest absolute Gasteiger partial charge is 0.333 e. The third-order valence-electron chi connectivity index (χ3n) is 3.35. The maximum Gasteiger partial charge on any atom is 0.333 e. The van der Waals surface area contributed by atoms with Gasteiger partial charge in [-0.3, -0.25) is 0 Å². The second kappa shape index (κ2) is 7.52. The van der Waals surface area contributed by atoms with Gasteiger partial charge in [0.2, 0.25) is 0 Å². The van der Waals surface area contributed by atoms with Crippen molar-refractivity contribution in [2.75, 3.05) is 7.11 Å². The van der Waals surface area contributed by atoms with Crippen LogP contribution in [0.2, 0.25) is 0 Å². The minimum atomic E-state index is -0.269. The van der Waals surface area contributed by atoms with Gasteiger partial charge in [-0.2, -0.15) is 0 Å². The van der Waals surface area contributed by atoms with Crippen LogP contribution in [0.5, 0.6) is 0 Å². The van der Waals surface area contributed by atoms with E-state index in [1.165, 1.54) is 26.4 Å². The Labute approximate surface area is 106 Å². The Morgan fingerprint density at radius 3 is 2.29 bits per heavy atom. The molecular weight excluding hydrogens is 212 g/mol. The molecule has 0 fully saturated rings. The summed E-state index contributed by atoms with van der Waals surface area (Å²) in [6, 6.07) is 0. The van der Waals surface area contributed by atoms with Gasteiger partial charge in [-0.15, -0.1) is 0 Å². The van der Waals surface area contributed by atoms with Gasteiger partial charge in [-0.1, -0.05) is 53.5 Å². The number of esters is 1. The van der Waals surface area contributed by atoms with E-state index < -0.39 is 0 Å². The molecule has 0 bridgehead atoms. The number of hydrogen-bond donors (Lipinski definition) is 0. The molecule has 0 saturated carbocycles. The molecule has 0 aliphatic heterocycles. The maximum absolute atomic E-state index is 11.4. The molecule has 0 aliphatic rings. The second-order valence-corrected chi connectivity index (χ2v) is 5.86. The quantitative estimate of drug-likeness (QED) is 0.376. The Kier molecular flexibility index (Phi) is 7.17. The molecule has 0 N–H and O–H groups in total. The van der Waals surface area contributed by atoms with Crippen LogP contribution in [0.4, 0.5) is 0 Å². The van der Waals surface area contributed by atoms with Crippen molar-refractivity contribution in [3.63, 3.8) is 0 Å². The van der Waals surface area contributed by atoms with Crippen LogP contribution in [0.25, 0.3) is 0 Å². The van der Waals surface area contributed by atoms with E-state index in [0.717, 1.165) is 12.8 Å². The van der Waals surface area contributed by atoms with Crippen LogP contribution in [0.3, 0.4) is 0 Å². The van der Waals surface area contributed by atoms with E-state index in [0.29, 0.717) is 11.5 Å². The van der Waals surface area contributed by atoms with E-state index in [-0.39, 0.29) is 11.4 Å². The average Bonchev–Trinajstić information content (AvgIpc) is 2.25. The lowest BCUT2D eigenvalue weighted by Crippen LogP contribution is -2.22. The highest BCUT2D eigenvalue weighted by Crippen LogP contribution is 2.35. The SMILES string of the molecule is C=C(CC(CCCCC)C(C)(C)C)C(=O)OC. The molecule has 2 nitrogen and oxygen atoms in total. The van der Waals surface area contributed by atoms with Gasteiger partial charge in [0.1, 0.15) is 0 Å². The number of rotatable bonds is 7. The Morgan fingerprint density at radius 1 is 1.29 bits per heavy atom. The molecule has 0 aromatic rings. The van der Waals surface area contributed by atoms with E-state index in [4.69, 9.17) is 4.74 Å². The summed E-state index contributed by atoms with van der Waals surface area (Å²) in [6.07, 6.45) is 5.63. The van der Waals surface area contributed by atoms with Crippen LogP contribution < -0.4 is 0 Å². The van der Waals surface area contributed by atoms with Gasteiger partial charge in [0.05, 0.1) is 7.11 Å². The van der Waals surface area contributed by atoms with Crippen LogP contribution >= 0.6 is 0 Å². The van der Waals surface area contributed by atoms with Crippen molar-refractivity contribution in [2.45, 2.75) is 59.8 Å². The monoisotopic (exact) mass is 240 g/mol. The van der Waals surface area contributed by atoms with Crippen molar-refractivity contribution < 1.29 is 9.53 Å². The first kappa shape index (κ1) is 16.2. The number of methoxy groups -OCH3 is 1. The highest BCUT2D eigenvalue weighted by atomic mass is 16.5. The number of carbonyl (C=O) groups is 1. The molecule has 0 rings (SSSR count). The summed E-state index contributed by atoms with van der Waals surface area (Å²) < 4.78 is 4.71. The number of unbranched alkanes of at least 4 members (excludes halogenated alkanes) is 2. The lowest BCUT2D eigenvalue weighted by atomic mass is 9.74. The molecule has 0 spiro atoms. The lowest BCUT2D eigenvalue weighted by Gasteiger charge is -2.31. The van der Waals surface area contributed by atoms with Gasteiger partial charge in [-0.25, -0.2) is 4.79 Å². The summed E-state index contributed by atoms with van der Waals surface area (Å²) in [5, 5.41) is 0. The zero-order chi connectivity index (χ0) is 13.5. The minimum absolute atomic E-state index is 0.213. The Hall–Kier alpha value is -0.790. The molecule has 0 radical (unpaired) electrons. The third-order valence-corrected chi connectivity index (χ3v) is 3.35. The molecule has 2 heteroatoms. The lowest BCUT2D eigenvalue weighted by molar-refractivity contribution is -0.136. The van der Waals surface area contributed by atoms with Crippen molar-refractivity contribution in [3.8, 4) is 0 Å². The van der Waals surface area contributed by atoms with E-state index in [1.807, 2.05) is 0 Å². The topological polar surface area (TPSA) is 26.3 Å². The second-order valence-electron chi connectivity index (χ2n) is 5.86. The van der Waals surface area contributed by atoms with Crippen molar-refractivity contribution >= 4 is 5.97 Å². The maximum atomic E-state index is 11.4. The first-order valence-electron chi connectivity index (χ1n) is 6.59. The Balaban J connectivity index is 4.39. The highest BCUT2D eigenvalue weighted by Gasteiger charge is 2.26. The van der Waals surface area contributed by atoms with E-state index in [1.54, 1.807) is 0 Å². The fourth-order valence-electron chi connectivity index (χ4n) is 2.01. The standard InChI is InChI=1S/C15H28O2/c1-7-8-9-10-13(15(3,4)5)11-12(2)14(16)17-6/h13H,2,7-11H2,1,3-6H3. The van der Waals surface area contributed by atoms with Crippen LogP contribution in [-0.4, -0.2) is 13.1 Å².